The zero-order valence-electron chi connectivity index (χ0n) is 10.8. The number of unbranched alkanes of at least 4 members (excludes halogenated alkanes) is 7. The topological polar surface area (TPSA) is 37.3 Å². The quantitative estimate of drug-likeness (QED) is 0.438. The third-order valence-corrected chi connectivity index (χ3v) is 2.92. The smallest absolute Gasteiger partial charge is 0.331 e. The zero-order chi connectivity index (χ0) is 12.2. The normalized spacial score (nSPS) is 11.8. The molecule has 0 rings (SSSR count). The first-order valence-corrected chi connectivity index (χ1v) is 6.60. The molecule has 0 atom stereocenters. The molecule has 0 aliphatic rings. The molecule has 0 aromatic rings. The Labute approximate surface area is 99.7 Å². The minimum Gasteiger partial charge on any atom is -0.478 e. The monoisotopic (exact) mass is 226 g/mol. The number of rotatable bonds is 10. The largest absolute Gasteiger partial charge is 0.478 e. The van der Waals surface area contributed by atoms with Crippen molar-refractivity contribution < 1.29 is 9.90 Å². The number of carboxylic acid groups (broad SMARTS) is 1. The van der Waals surface area contributed by atoms with Gasteiger partial charge in [0.1, 0.15) is 0 Å². The van der Waals surface area contributed by atoms with Crippen LogP contribution >= 0.6 is 0 Å². The Balaban J connectivity index is 3.30. The van der Waals surface area contributed by atoms with Gasteiger partial charge in [0, 0.05) is 5.57 Å². The number of aliphatic carboxylic acids is 1. The third kappa shape index (κ3) is 8.51. The molecule has 0 amide bonds. The van der Waals surface area contributed by atoms with E-state index in [-0.39, 0.29) is 0 Å². The van der Waals surface area contributed by atoms with Gasteiger partial charge in [0.25, 0.3) is 0 Å². The molecule has 1 N–H and O–H groups in total. The number of carbonyl (C=O) groups is 1. The Hall–Kier alpha value is -0.790. The molecule has 0 aromatic carbocycles. The summed E-state index contributed by atoms with van der Waals surface area (Å²) in [4.78, 5) is 10.7. The summed E-state index contributed by atoms with van der Waals surface area (Å²) in [5, 5.41) is 8.80. The SMILES string of the molecule is C/C=C(\CCCCCCCCCC)C(=O)O. The average molecular weight is 226 g/mol. The second-order valence-electron chi connectivity index (χ2n) is 4.34. The van der Waals surface area contributed by atoms with Crippen molar-refractivity contribution in [2.45, 2.75) is 71.6 Å². The lowest BCUT2D eigenvalue weighted by atomic mass is 10.0. The van der Waals surface area contributed by atoms with E-state index in [4.69, 9.17) is 5.11 Å². The summed E-state index contributed by atoms with van der Waals surface area (Å²) in [6.45, 7) is 4.03. The maximum atomic E-state index is 10.7. The lowest BCUT2D eigenvalue weighted by molar-refractivity contribution is -0.132. The van der Waals surface area contributed by atoms with E-state index in [1.54, 1.807) is 13.0 Å². The Morgan fingerprint density at radius 1 is 1.00 bits per heavy atom. The Bertz CT molecular complexity index is 207. The van der Waals surface area contributed by atoms with Crippen molar-refractivity contribution in [1.29, 1.82) is 0 Å². The van der Waals surface area contributed by atoms with E-state index in [2.05, 4.69) is 6.92 Å². The molecule has 0 bridgehead atoms. The Morgan fingerprint density at radius 3 is 1.94 bits per heavy atom. The highest BCUT2D eigenvalue weighted by Gasteiger charge is 2.04. The third-order valence-electron chi connectivity index (χ3n) is 2.92. The van der Waals surface area contributed by atoms with Crippen LogP contribution in [0.5, 0.6) is 0 Å². The summed E-state index contributed by atoms with van der Waals surface area (Å²) < 4.78 is 0. The van der Waals surface area contributed by atoms with E-state index in [9.17, 15) is 4.79 Å². The highest BCUT2D eigenvalue weighted by atomic mass is 16.4. The average Bonchev–Trinajstić information content (AvgIpc) is 2.26. The highest BCUT2D eigenvalue weighted by Crippen LogP contribution is 2.12. The van der Waals surface area contributed by atoms with Crippen LogP contribution in [0, 0.1) is 0 Å². The van der Waals surface area contributed by atoms with Gasteiger partial charge in [-0.2, -0.15) is 0 Å². The van der Waals surface area contributed by atoms with Crippen LogP contribution in [-0.2, 0) is 4.79 Å². The number of carboxylic acids is 1. The van der Waals surface area contributed by atoms with Crippen molar-refractivity contribution in [3.05, 3.63) is 11.6 Å². The van der Waals surface area contributed by atoms with Gasteiger partial charge in [-0.05, 0) is 19.8 Å². The standard InChI is InChI=1S/C14H26O2/c1-3-5-6-7-8-9-10-11-12-13(4-2)14(15)16/h4H,3,5-12H2,1-2H3,(H,15,16)/b13-4+. The summed E-state index contributed by atoms with van der Waals surface area (Å²) in [7, 11) is 0. The molecule has 0 aliphatic carbocycles. The molecule has 0 fully saturated rings. The van der Waals surface area contributed by atoms with E-state index < -0.39 is 5.97 Å². The van der Waals surface area contributed by atoms with Gasteiger partial charge in [0.15, 0.2) is 0 Å². The van der Waals surface area contributed by atoms with Crippen molar-refractivity contribution in [3.63, 3.8) is 0 Å². The molecule has 0 unspecified atom stereocenters. The first-order chi connectivity index (χ1) is 7.72. The molecule has 2 heteroatoms. The minimum atomic E-state index is -0.759. The van der Waals surface area contributed by atoms with Gasteiger partial charge < -0.3 is 5.11 Å². The molecule has 0 spiro atoms. The van der Waals surface area contributed by atoms with Crippen LogP contribution in [-0.4, -0.2) is 11.1 Å². The molecular formula is C14H26O2. The molecular weight excluding hydrogens is 200 g/mol. The van der Waals surface area contributed by atoms with Crippen molar-refractivity contribution >= 4 is 5.97 Å². The second-order valence-corrected chi connectivity index (χ2v) is 4.34. The molecule has 0 saturated heterocycles. The van der Waals surface area contributed by atoms with Gasteiger partial charge in [0.2, 0.25) is 0 Å². The summed E-state index contributed by atoms with van der Waals surface area (Å²) in [6.07, 6.45) is 12.5. The first kappa shape index (κ1) is 15.2. The van der Waals surface area contributed by atoms with Crippen LogP contribution in [0.4, 0.5) is 0 Å². The number of hydrogen-bond acceptors (Lipinski definition) is 1. The summed E-state index contributed by atoms with van der Waals surface area (Å²) in [5.74, 6) is -0.759. The fourth-order valence-corrected chi connectivity index (χ4v) is 1.82. The Kier molecular flexibility index (Phi) is 10.2. The first-order valence-electron chi connectivity index (χ1n) is 6.60. The maximum absolute atomic E-state index is 10.7. The zero-order valence-corrected chi connectivity index (χ0v) is 10.8. The lowest BCUT2D eigenvalue weighted by Gasteiger charge is -2.02. The maximum Gasteiger partial charge on any atom is 0.331 e. The number of allylic oxidation sites excluding steroid dienone is 1. The molecule has 0 heterocycles. The van der Waals surface area contributed by atoms with E-state index in [1.165, 1.54) is 38.5 Å². The fourth-order valence-electron chi connectivity index (χ4n) is 1.82. The van der Waals surface area contributed by atoms with E-state index in [1.807, 2.05) is 0 Å². The van der Waals surface area contributed by atoms with Crippen LogP contribution in [0.1, 0.15) is 71.6 Å². The molecule has 0 radical (unpaired) electrons. The van der Waals surface area contributed by atoms with Gasteiger partial charge in [-0.25, -0.2) is 4.79 Å². The van der Waals surface area contributed by atoms with E-state index >= 15 is 0 Å². The van der Waals surface area contributed by atoms with Crippen LogP contribution < -0.4 is 0 Å². The van der Waals surface area contributed by atoms with Crippen molar-refractivity contribution in [2.75, 3.05) is 0 Å². The second kappa shape index (κ2) is 10.7. The van der Waals surface area contributed by atoms with Gasteiger partial charge >= 0.3 is 5.97 Å². The predicted octanol–water partition coefficient (Wildman–Crippen LogP) is 4.55. The lowest BCUT2D eigenvalue weighted by Crippen LogP contribution is -1.99. The van der Waals surface area contributed by atoms with Crippen molar-refractivity contribution in [3.8, 4) is 0 Å². The summed E-state index contributed by atoms with van der Waals surface area (Å²) in [5.41, 5.74) is 0.561. The van der Waals surface area contributed by atoms with Crippen LogP contribution in [0.2, 0.25) is 0 Å². The van der Waals surface area contributed by atoms with E-state index in [0.29, 0.717) is 5.57 Å². The highest BCUT2D eigenvalue weighted by molar-refractivity contribution is 5.86. The van der Waals surface area contributed by atoms with Gasteiger partial charge in [-0.15, -0.1) is 0 Å². The molecule has 2 nitrogen and oxygen atoms in total. The molecule has 94 valence electrons. The van der Waals surface area contributed by atoms with E-state index in [0.717, 1.165) is 19.3 Å². The minimum absolute atomic E-state index is 0.561. The molecule has 16 heavy (non-hydrogen) atoms. The van der Waals surface area contributed by atoms with Crippen molar-refractivity contribution in [1.82, 2.24) is 0 Å². The predicted molar refractivity (Wildman–Crippen MR) is 68.6 cm³/mol. The molecule has 0 aliphatic heterocycles. The van der Waals surface area contributed by atoms with Gasteiger partial charge in [-0.1, -0.05) is 57.9 Å². The summed E-state index contributed by atoms with van der Waals surface area (Å²) in [6, 6.07) is 0. The van der Waals surface area contributed by atoms with Crippen LogP contribution in [0.15, 0.2) is 11.6 Å². The number of hydrogen-bond donors (Lipinski definition) is 1. The fraction of sp³-hybridized carbons (Fsp3) is 0.786. The molecule has 0 aromatic heterocycles. The van der Waals surface area contributed by atoms with Crippen LogP contribution in [0.25, 0.3) is 0 Å². The molecule has 0 saturated carbocycles. The van der Waals surface area contributed by atoms with Crippen molar-refractivity contribution in [2.24, 2.45) is 0 Å². The van der Waals surface area contributed by atoms with Gasteiger partial charge in [-0.3, -0.25) is 0 Å². The Morgan fingerprint density at radius 2 is 1.50 bits per heavy atom. The van der Waals surface area contributed by atoms with Gasteiger partial charge in [0.05, 0.1) is 0 Å². The van der Waals surface area contributed by atoms with Crippen LogP contribution in [0.3, 0.4) is 0 Å². The summed E-state index contributed by atoms with van der Waals surface area (Å²) >= 11 is 0.